The van der Waals surface area contributed by atoms with Crippen LogP contribution in [0.2, 0.25) is 0 Å². The Balaban J connectivity index is 1.72. The van der Waals surface area contributed by atoms with Gasteiger partial charge < -0.3 is 19.3 Å². The van der Waals surface area contributed by atoms with Crippen molar-refractivity contribution in [3.63, 3.8) is 0 Å². The molecule has 2 heterocycles. The Morgan fingerprint density at radius 3 is 2.70 bits per heavy atom. The Kier molecular flexibility index (Phi) is 2.91. The number of rotatable bonds is 2. The lowest BCUT2D eigenvalue weighted by Gasteiger charge is -2.09. The molecule has 0 saturated carbocycles. The van der Waals surface area contributed by atoms with Gasteiger partial charge in [0.15, 0.2) is 11.5 Å². The van der Waals surface area contributed by atoms with Gasteiger partial charge in [0.05, 0.1) is 6.20 Å². The molecule has 23 heavy (non-hydrogen) atoms. The van der Waals surface area contributed by atoms with E-state index >= 15 is 0 Å². The molecule has 1 aliphatic rings. The van der Waals surface area contributed by atoms with Gasteiger partial charge in [-0.05, 0) is 30.3 Å². The van der Waals surface area contributed by atoms with Crippen LogP contribution in [0.1, 0.15) is 5.69 Å². The summed E-state index contributed by atoms with van der Waals surface area (Å²) in [5, 5.41) is 20.1. The molecule has 3 aromatic rings. The average Bonchev–Trinajstić information content (AvgIpc) is 3.03. The minimum Gasteiger partial charge on any atom is -0.506 e. The molecular formula is C17H10N2O4. The van der Waals surface area contributed by atoms with E-state index in [0.29, 0.717) is 33.8 Å². The largest absolute Gasteiger partial charge is 0.506 e. The van der Waals surface area contributed by atoms with E-state index in [9.17, 15) is 5.11 Å². The first-order valence-electron chi connectivity index (χ1n) is 6.84. The van der Waals surface area contributed by atoms with Crippen LogP contribution >= 0.6 is 0 Å². The fourth-order valence-electron chi connectivity index (χ4n) is 2.44. The third-order valence-electron chi connectivity index (χ3n) is 3.52. The lowest BCUT2D eigenvalue weighted by atomic mass is 10.1. The highest BCUT2D eigenvalue weighted by Gasteiger charge is 2.14. The third-order valence-corrected chi connectivity index (χ3v) is 3.52. The van der Waals surface area contributed by atoms with Crippen molar-refractivity contribution in [1.29, 1.82) is 5.26 Å². The zero-order chi connectivity index (χ0) is 15.8. The van der Waals surface area contributed by atoms with E-state index in [1.54, 1.807) is 36.4 Å². The monoisotopic (exact) mass is 306 g/mol. The first-order valence-corrected chi connectivity index (χ1v) is 6.84. The molecule has 0 aliphatic carbocycles. The average molecular weight is 306 g/mol. The van der Waals surface area contributed by atoms with E-state index in [1.807, 2.05) is 6.07 Å². The van der Waals surface area contributed by atoms with Gasteiger partial charge in [-0.3, -0.25) is 0 Å². The van der Waals surface area contributed by atoms with Crippen LogP contribution in [0.3, 0.4) is 0 Å². The van der Waals surface area contributed by atoms with Crippen LogP contribution in [0, 0.1) is 11.3 Å². The van der Waals surface area contributed by atoms with Crippen LogP contribution in [-0.2, 0) is 0 Å². The molecule has 0 amide bonds. The van der Waals surface area contributed by atoms with Gasteiger partial charge in [-0.25, -0.2) is 4.98 Å². The second-order valence-electron chi connectivity index (χ2n) is 4.93. The number of fused-ring (bicyclic) bond motifs is 2. The fraction of sp³-hybridized carbons (Fsp3) is 0.0588. The van der Waals surface area contributed by atoms with Gasteiger partial charge in [0, 0.05) is 16.8 Å². The number of aromatic nitrogens is 1. The molecule has 0 spiro atoms. The van der Waals surface area contributed by atoms with Gasteiger partial charge in [0.1, 0.15) is 29.0 Å². The van der Waals surface area contributed by atoms with Crippen molar-refractivity contribution in [2.45, 2.75) is 0 Å². The lowest BCUT2D eigenvalue weighted by molar-refractivity contribution is 0.174. The number of nitrogens with zero attached hydrogens (tertiary/aromatic N) is 2. The van der Waals surface area contributed by atoms with Crippen molar-refractivity contribution in [2.24, 2.45) is 0 Å². The zero-order valence-corrected chi connectivity index (χ0v) is 11.8. The molecule has 0 bridgehead atoms. The van der Waals surface area contributed by atoms with Gasteiger partial charge in [-0.1, -0.05) is 0 Å². The highest BCUT2D eigenvalue weighted by atomic mass is 16.7. The van der Waals surface area contributed by atoms with Gasteiger partial charge in [-0.15, -0.1) is 0 Å². The summed E-state index contributed by atoms with van der Waals surface area (Å²) in [6.45, 7) is 0.201. The van der Waals surface area contributed by atoms with E-state index in [0.717, 1.165) is 0 Å². The molecule has 1 N–H and O–H groups in total. The summed E-state index contributed by atoms with van der Waals surface area (Å²) < 4.78 is 16.4. The second-order valence-corrected chi connectivity index (χ2v) is 4.93. The van der Waals surface area contributed by atoms with Crippen LogP contribution in [-0.4, -0.2) is 16.9 Å². The fourth-order valence-corrected chi connectivity index (χ4v) is 2.44. The summed E-state index contributed by atoms with van der Waals surface area (Å²) in [5.74, 6) is 2.42. The van der Waals surface area contributed by atoms with Crippen LogP contribution in [0.5, 0.6) is 28.7 Å². The number of benzene rings is 2. The van der Waals surface area contributed by atoms with E-state index in [2.05, 4.69) is 4.98 Å². The summed E-state index contributed by atoms with van der Waals surface area (Å²) in [6.07, 6.45) is 1.26. The first-order chi connectivity index (χ1) is 11.2. The Labute approximate surface area is 131 Å². The Morgan fingerprint density at radius 2 is 1.83 bits per heavy atom. The summed E-state index contributed by atoms with van der Waals surface area (Å²) in [4.78, 5) is 3.90. The second kappa shape index (κ2) is 5.07. The summed E-state index contributed by atoms with van der Waals surface area (Å²) in [5.41, 5.74) is 0.257. The Morgan fingerprint density at radius 1 is 1.04 bits per heavy atom. The van der Waals surface area contributed by atoms with E-state index < -0.39 is 0 Å². The minimum absolute atomic E-state index is 0.00450. The molecule has 0 atom stereocenters. The van der Waals surface area contributed by atoms with Crippen LogP contribution in [0.4, 0.5) is 0 Å². The van der Waals surface area contributed by atoms with E-state index in [-0.39, 0.29) is 18.2 Å². The molecule has 0 fully saturated rings. The maximum atomic E-state index is 9.94. The van der Waals surface area contributed by atoms with Crippen molar-refractivity contribution >= 4 is 10.8 Å². The number of hydrogen-bond acceptors (Lipinski definition) is 6. The minimum atomic E-state index is -0.00450. The first kappa shape index (κ1) is 13.2. The summed E-state index contributed by atoms with van der Waals surface area (Å²) >= 11 is 0. The predicted molar refractivity (Wildman–Crippen MR) is 80.8 cm³/mol. The summed E-state index contributed by atoms with van der Waals surface area (Å²) in [7, 11) is 0. The number of ether oxygens (including phenoxy) is 3. The standard InChI is InChI=1S/C17H10N2O4/c18-7-14-12-3-1-10(5-13(12)15(20)8-19-14)23-11-2-4-16-17(6-11)22-9-21-16/h1-6,8,20H,9H2. The number of hydrogen-bond donors (Lipinski definition) is 1. The smallest absolute Gasteiger partial charge is 0.231 e. The number of aromatic hydroxyl groups is 1. The molecule has 4 rings (SSSR count). The highest BCUT2D eigenvalue weighted by Crippen LogP contribution is 2.37. The molecule has 6 heteroatoms. The van der Waals surface area contributed by atoms with Gasteiger partial charge >= 0.3 is 0 Å². The summed E-state index contributed by atoms with van der Waals surface area (Å²) in [6, 6.07) is 12.4. The molecule has 1 aromatic heterocycles. The maximum absolute atomic E-state index is 9.94. The molecule has 112 valence electrons. The van der Waals surface area contributed by atoms with Crippen molar-refractivity contribution in [1.82, 2.24) is 4.98 Å². The zero-order valence-electron chi connectivity index (χ0n) is 11.8. The third kappa shape index (κ3) is 2.24. The molecule has 6 nitrogen and oxygen atoms in total. The predicted octanol–water partition coefficient (Wildman–Crippen LogP) is 3.33. The molecule has 0 unspecified atom stereocenters. The van der Waals surface area contributed by atoms with Crippen LogP contribution in [0.25, 0.3) is 10.8 Å². The van der Waals surface area contributed by atoms with E-state index in [1.165, 1.54) is 6.20 Å². The van der Waals surface area contributed by atoms with E-state index in [4.69, 9.17) is 19.5 Å². The highest BCUT2D eigenvalue weighted by molar-refractivity contribution is 5.92. The quantitative estimate of drug-likeness (QED) is 0.781. The van der Waals surface area contributed by atoms with Gasteiger partial charge in [0.25, 0.3) is 0 Å². The SMILES string of the molecule is N#Cc1ncc(O)c2cc(Oc3ccc4c(c3)OCO4)ccc12. The van der Waals surface area contributed by atoms with Crippen molar-refractivity contribution in [3.05, 3.63) is 48.3 Å². The number of pyridine rings is 1. The topological polar surface area (TPSA) is 84.6 Å². The van der Waals surface area contributed by atoms with Crippen molar-refractivity contribution < 1.29 is 19.3 Å². The van der Waals surface area contributed by atoms with Crippen molar-refractivity contribution in [2.75, 3.05) is 6.79 Å². The van der Waals surface area contributed by atoms with Crippen LogP contribution in [0.15, 0.2) is 42.6 Å². The molecule has 0 radical (unpaired) electrons. The molecule has 2 aromatic carbocycles. The van der Waals surface area contributed by atoms with Gasteiger partial charge in [-0.2, -0.15) is 5.26 Å². The maximum Gasteiger partial charge on any atom is 0.231 e. The lowest BCUT2D eigenvalue weighted by Crippen LogP contribution is -1.92. The van der Waals surface area contributed by atoms with Crippen LogP contribution < -0.4 is 14.2 Å². The van der Waals surface area contributed by atoms with Crippen molar-refractivity contribution in [3.8, 4) is 34.8 Å². The Bertz CT molecular complexity index is 963. The molecule has 0 saturated heterocycles. The molecule has 1 aliphatic heterocycles. The Hall–Kier alpha value is -3.46. The van der Waals surface area contributed by atoms with Gasteiger partial charge in [0.2, 0.25) is 6.79 Å². The number of nitriles is 1. The molecular weight excluding hydrogens is 296 g/mol. The normalized spacial score (nSPS) is 12.1.